The molecule has 10 heavy (non-hydrogen) atoms. The van der Waals surface area contributed by atoms with E-state index in [1.54, 1.807) is 11.3 Å². The molecule has 0 bridgehead atoms. The molecule has 0 saturated heterocycles. The van der Waals surface area contributed by atoms with Gasteiger partial charge in [0.2, 0.25) is 0 Å². The smallest absolute Gasteiger partial charge is 0.512 e. The normalized spacial score (nSPS) is 4.20. The van der Waals surface area contributed by atoms with Crippen LogP contribution in [-0.2, 0) is 17.1 Å². The van der Waals surface area contributed by atoms with E-state index in [-0.39, 0.29) is 54.8 Å². The van der Waals surface area contributed by atoms with Gasteiger partial charge < -0.3 is 23.2 Å². The van der Waals surface area contributed by atoms with Gasteiger partial charge in [-0.3, -0.25) is 0 Å². The maximum Gasteiger partial charge on any atom is 2.00 e. The second-order valence-electron chi connectivity index (χ2n) is 0.731. The van der Waals surface area contributed by atoms with Crippen LogP contribution >= 0.6 is 11.3 Å². The van der Waals surface area contributed by atoms with Crippen LogP contribution in [0.2, 0.25) is 0 Å². The minimum Gasteiger partial charge on any atom is -0.512 e. The molecule has 1 heterocycles. The van der Waals surface area contributed by atoms with Gasteiger partial charge in [0.1, 0.15) is 0 Å². The summed E-state index contributed by atoms with van der Waals surface area (Å²) in [6.45, 7) is 4.75. The summed E-state index contributed by atoms with van der Waals surface area (Å²) in [5.41, 5.74) is 0. The molecule has 3 radical (unpaired) electrons. The minimum absolute atomic E-state index is 0. The molecule has 5 heteroatoms. The number of rotatable bonds is 0. The molecule has 0 unspecified atom stereocenters. The van der Waals surface area contributed by atoms with E-state index in [2.05, 4.69) is 5.38 Å². The van der Waals surface area contributed by atoms with Crippen molar-refractivity contribution in [3.05, 3.63) is 29.5 Å². The van der Waals surface area contributed by atoms with Crippen LogP contribution in [0.4, 0.5) is 0 Å². The summed E-state index contributed by atoms with van der Waals surface area (Å²) in [6, 6.07) is 3.86. The Labute approximate surface area is 100 Å². The van der Waals surface area contributed by atoms with E-state index >= 15 is 0 Å². The third kappa shape index (κ3) is 16.0. The molecule has 0 amide bonds. The van der Waals surface area contributed by atoms with Gasteiger partial charge >= 0.3 is 17.1 Å². The molecule has 1 aromatic heterocycles. The summed E-state index contributed by atoms with van der Waals surface area (Å²) in [4.78, 5) is 0. The van der Waals surface area contributed by atoms with Gasteiger partial charge in [0, 0.05) is 37.7 Å². The second kappa shape index (κ2) is 22.5. The molecule has 0 aliphatic heterocycles. The van der Waals surface area contributed by atoms with Crippen LogP contribution in [0.25, 0.3) is 0 Å². The minimum atomic E-state index is 0. The standard InChI is InChI=1S/C4H3S.CN.Cu.2Li/c1-2-4-5-3-1;1-2;;;/h1-3H;;;;/q2*-1;+2;;. The quantitative estimate of drug-likeness (QED) is 0.436. The number of nitrogens with zero attached hydrogens (tertiary/aromatic N) is 1. The molecule has 1 rings (SSSR count). The first kappa shape index (κ1) is 22.4. The van der Waals surface area contributed by atoms with Crippen LogP contribution in [0.15, 0.2) is 17.5 Å². The van der Waals surface area contributed by atoms with Gasteiger partial charge in [-0.1, -0.05) is 0 Å². The topological polar surface area (TPSA) is 23.8 Å². The Morgan fingerprint density at radius 3 is 1.90 bits per heavy atom. The van der Waals surface area contributed by atoms with Crippen LogP contribution in [0.3, 0.4) is 0 Å². The maximum atomic E-state index is 6.25. The molecule has 0 aliphatic carbocycles. The van der Waals surface area contributed by atoms with Crippen LogP contribution in [0.5, 0.6) is 0 Å². The van der Waals surface area contributed by atoms with Crippen molar-refractivity contribution < 1.29 is 17.1 Å². The Morgan fingerprint density at radius 2 is 1.80 bits per heavy atom. The molecule has 0 aliphatic rings. The van der Waals surface area contributed by atoms with Gasteiger partial charge in [-0.2, -0.15) is 11.4 Å². The van der Waals surface area contributed by atoms with Gasteiger partial charge in [0.05, 0.1) is 0 Å². The summed E-state index contributed by atoms with van der Waals surface area (Å²) >= 11 is 1.59. The summed E-state index contributed by atoms with van der Waals surface area (Å²) in [5, 5.41) is 11.1. The molecule has 0 fully saturated rings. The largest absolute Gasteiger partial charge is 2.00 e. The molecule has 1 nitrogen and oxygen atoms in total. The molecule has 0 atom stereocenters. The van der Waals surface area contributed by atoms with Crippen molar-refractivity contribution in [2.75, 3.05) is 0 Å². The third-order valence-corrected chi connectivity index (χ3v) is 0.944. The van der Waals surface area contributed by atoms with E-state index < -0.39 is 0 Å². The Balaban J connectivity index is -0.0000000337. The molecular weight excluding hydrogens is 184 g/mol. The first-order chi connectivity index (χ1) is 3.50. The summed E-state index contributed by atoms with van der Waals surface area (Å²) in [7, 11) is 0. The molecule has 47 valence electrons. The van der Waals surface area contributed by atoms with Crippen LogP contribution in [-0.4, -0.2) is 37.7 Å². The van der Waals surface area contributed by atoms with Crippen molar-refractivity contribution in [2.45, 2.75) is 0 Å². The zero-order valence-corrected chi connectivity index (χ0v) is 7.65. The average Bonchev–Trinajstić information content (AvgIpc) is 2.23. The van der Waals surface area contributed by atoms with Crippen molar-refractivity contribution in [3.8, 4) is 0 Å². The van der Waals surface area contributed by atoms with Gasteiger partial charge in [-0.05, 0) is 0 Å². The Bertz CT molecular complexity index is 103. The predicted octanol–water partition coefficient (Wildman–Crippen LogP) is 0.881. The van der Waals surface area contributed by atoms with E-state index in [1.807, 2.05) is 17.5 Å². The van der Waals surface area contributed by atoms with Gasteiger partial charge in [0.15, 0.2) is 0 Å². The average molecular weight is 187 g/mol. The van der Waals surface area contributed by atoms with E-state index in [1.165, 1.54) is 0 Å². The SMILES string of the molecule is [C-]#N.[Cu+2].[Li].[Li].[c-]1cccs1. The number of hydrogen-bond acceptors (Lipinski definition) is 2. The number of hydrogen-bond donors (Lipinski definition) is 0. The van der Waals surface area contributed by atoms with E-state index in [0.29, 0.717) is 0 Å². The van der Waals surface area contributed by atoms with Crippen LogP contribution in [0, 0.1) is 17.2 Å². The Hall–Kier alpha value is 0.904. The van der Waals surface area contributed by atoms with Crippen molar-refractivity contribution in [3.63, 3.8) is 0 Å². The van der Waals surface area contributed by atoms with Crippen molar-refractivity contribution >= 4 is 49.1 Å². The monoisotopic (exact) mass is 186 g/mol. The summed E-state index contributed by atoms with van der Waals surface area (Å²) in [6.07, 6.45) is 0. The zero-order valence-electron chi connectivity index (χ0n) is 5.89. The van der Waals surface area contributed by atoms with Crippen molar-refractivity contribution in [1.82, 2.24) is 0 Å². The Morgan fingerprint density at radius 1 is 1.30 bits per heavy atom. The summed E-state index contributed by atoms with van der Waals surface area (Å²) < 4.78 is 0. The van der Waals surface area contributed by atoms with Gasteiger partial charge in [0.25, 0.3) is 0 Å². The first-order valence-electron chi connectivity index (χ1n) is 1.62. The van der Waals surface area contributed by atoms with E-state index in [9.17, 15) is 0 Å². The van der Waals surface area contributed by atoms with Crippen LogP contribution in [0.1, 0.15) is 0 Å². The van der Waals surface area contributed by atoms with E-state index in [0.717, 1.165) is 0 Å². The zero-order chi connectivity index (χ0) is 5.54. The Kier molecular flexibility index (Phi) is 50.5. The molecule has 1 aromatic rings. The fraction of sp³-hybridized carbons (Fsp3) is 0. The maximum absolute atomic E-state index is 6.25. The first-order valence-corrected chi connectivity index (χ1v) is 2.50. The summed E-state index contributed by atoms with van der Waals surface area (Å²) in [5.74, 6) is 0. The molecule has 0 spiro atoms. The molecular formula is C5H3CuLi2NS. The fourth-order valence-electron chi connectivity index (χ4n) is 0.196. The van der Waals surface area contributed by atoms with Gasteiger partial charge in [-0.25, -0.2) is 6.07 Å². The van der Waals surface area contributed by atoms with Gasteiger partial charge in [-0.15, -0.1) is 5.38 Å². The fourth-order valence-corrected chi connectivity index (χ4v) is 0.589. The van der Waals surface area contributed by atoms with Crippen LogP contribution < -0.4 is 0 Å². The molecule has 0 saturated carbocycles. The molecule has 0 aromatic carbocycles. The van der Waals surface area contributed by atoms with E-state index in [4.69, 9.17) is 11.8 Å². The van der Waals surface area contributed by atoms with Crippen molar-refractivity contribution in [1.29, 1.82) is 5.26 Å². The number of thiophene rings is 1. The molecule has 0 N–H and O–H groups in total. The van der Waals surface area contributed by atoms with Crippen molar-refractivity contribution in [2.24, 2.45) is 0 Å². The third-order valence-electron chi connectivity index (χ3n) is 0.379. The predicted molar refractivity (Wildman–Crippen MR) is 39.6 cm³/mol. The second-order valence-corrected chi connectivity index (χ2v) is 1.47.